The van der Waals surface area contributed by atoms with E-state index in [0.717, 1.165) is 12.8 Å². The lowest BCUT2D eigenvalue weighted by Gasteiger charge is -2.36. The van der Waals surface area contributed by atoms with Crippen LogP contribution in [0, 0.1) is 12.8 Å². The zero-order chi connectivity index (χ0) is 20.6. The first kappa shape index (κ1) is 20.9. The van der Waals surface area contributed by atoms with Gasteiger partial charge in [-0.15, -0.1) is 0 Å². The molecule has 0 bridgehead atoms. The molecule has 28 heavy (non-hydrogen) atoms. The molecule has 2 unspecified atom stereocenters. The lowest BCUT2D eigenvalue weighted by atomic mass is 10.1. The van der Waals surface area contributed by atoms with Gasteiger partial charge in [0.15, 0.2) is 0 Å². The second-order valence-corrected chi connectivity index (χ2v) is 12.7. The van der Waals surface area contributed by atoms with Crippen molar-refractivity contribution in [1.82, 2.24) is 0 Å². The quantitative estimate of drug-likeness (QED) is 0.539. The van der Waals surface area contributed by atoms with E-state index in [1.165, 1.54) is 22.3 Å². The van der Waals surface area contributed by atoms with Gasteiger partial charge in [-0.25, -0.2) is 0 Å². The highest BCUT2D eigenvalue weighted by Crippen LogP contribution is 2.41. The Hall–Kier alpha value is -1.86. The van der Waals surface area contributed by atoms with Crippen LogP contribution in [0.15, 0.2) is 64.4 Å². The van der Waals surface area contributed by atoms with Gasteiger partial charge in [-0.3, -0.25) is 0 Å². The Kier molecular flexibility index (Phi) is 5.86. The standard InChI is InChI=1S/C27H36Si/c1-9-23-15-24(10-2)17-25(16-23)28(8,26-14-12-11-13-18(26)3)27-21(6)19(4)20(5)22(27)7/h11-17,21H,9-10H2,1-8H3. The van der Waals surface area contributed by atoms with Crippen LogP contribution in [0.5, 0.6) is 0 Å². The third-order valence-electron chi connectivity index (χ3n) is 7.31. The van der Waals surface area contributed by atoms with Crippen LogP contribution in [-0.4, -0.2) is 8.07 Å². The Labute approximate surface area is 173 Å². The van der Waals surface area contributed by atoms with Crippen molar-refractivity contribution in [2.45, 2.75) is 67.9 Å². The van der Waals surface area contributed by atoms with Crippen LogP contribution >= 0.6 is 0 Å². The van der Waals surface area contributed by atoms with Crippen LogP contribution in [0.1, 0.15) is 58.2 Å². The van der Waals surface area contributed by atoms with Crippen LogP contribution in [0.2, 0.25) is 6.55 Å². The van der Waals surface area contributed by atoms with Crippen molar-refractivity contribution in [2.75, 3.05) is 0 Å². The Balaban J connectivity index is 2.37. The normalized spacial score (nSPS) is 19.4. The fourth-order valence-electron chi connectivity index (χ4n) is 5.22. The zero-order valence-corrected chi connectivity index (χ0v) is 20.0. The molecule has 0 saturated heterocycles. The van der Waals surface area contributed by atoms with Gasteiger partial charge in [-0.1, -0.05) is 91.7 Å². The summed E-state index contributed by atoms with van der Waals surface area (Å²) in [6.45, 7) is 18.9. The van der Waals surface area contributed by atoms with E-state index in [0.29, 0.717) is 5.92 Å². The number of rotatable bonds is 5. The minimum Gasteiger partial charge on any atom is -0.0636 e. The first-order valence-electron chi connectivity index (χ1n) is 10.8. The van der Waals surface area contributed by atoms with Gasteiger partial charge in [0.25, 0.3) is 0 Å². The number of benzene rings is 2. The largest absolute Gasteiger partial charge is 0.142 e. The number of aryl methyl sites for hydroxylation is 3. The number of hydrogen-bond acceptors (Lipinski definition) is 0. The molecule has 1 heteroatoms. The third-order valence-corrected chi connectivity index (χ3v) is 12.3. The fraction of sp³-hybridized carbons (Fsp3) is 0.407. The van der Waals surface area contributed by atoms with E-state index < -0.39 is 8.07 Å². The Bertz CT molecular complexity index is 938. The van der Waals surface area contributed by atoms with Crippen LogP contribution in [0.25, 0.3) is 0 Å². The van der Waals surface area contributed by atoms with E-state index in [-0.39, 0.29) is 0 Å². The maximum atomic E-state index is 2.60. The highest BCUT2D eigenvalue weighted by atomic mass is 28.3. The van der Waals surface area contributed by atoms with Crippen LogP contribution in [-0.2, 0) is 12.8 Å². The molecule has 2 aromatic carbocycles. The van der Waals surface area contributed by atoms with Crippen molar-refractivity contribution in [3.8, 4) is 0 Å². The van der Waals surface area contributed by atoms with E-state index in [4.69, 9.17) is 0 Å². The van der Waals surface area contributed by atoms with Gasteiger partial charge in [0.2, 0.25) is 0 Å². The minimum atomic E-state index is -2.08. The molecule has 0 amide bonds. The van der Waals surface area contributed by atoms with E-state index in [9.17, 15) is 0 Å². The van der Waals surface area contributed by atoms with Gasteiger partial charge < -0.3 is 0 Å². The summed E-state index contributed by atoms with van der Waals surface area (Å²) < 4.78 is 0. The molecule has 0 saturated carbocycles. The highest BCUT2D eigenvalue weighted by Gasteiger charge is 2.43. The minimum absolute atomic E-state index is 0.534. The summed E-state index contributed by atoms with van der Waals surface area (Å²) in [5.74, 6) is 0.534. The van der Waals surface area contributed by atoms with Gasteiger partial charge in [0.1, 0.15) is 8.07 Å². The van der Waals surface area contributed by atoms with E-state index in [1.807, 2.05) is 0 Å². The van der Waals surface area contributed by atoms with Gasteiger partial charge in [-0.2, -0.15) is 0 Å². The van der Waals surface area contributed by atoms with Gasteiger partial charge in [0.05, 0.1) is 0 Å². The van der Waals surface area contributed by atoms with Crippen LogP contribution in [0.3, 0.4) is 0 Å². The van der Waals surface area contributed by atoms with E-state index >= 15 is 0 Å². The summed E-state index contributed by atoms with van der Waals surface area (Å²) in [5, 5.41) is 4.88. The first-order chi connectivity index (χ1) is 13.2. The SMILES string of the molecule is CCc1cc(CC)cc([Si](C)(C2=C(C)C(C)=C(C)C2C)c2ccccc2C)c1. The fourth-order valence-corrected chi connectivity index (χ4v) is 10.4. The predicted octanol–water partition coefficient (Wildman–Crippen LogP) is 6.15. The van der Waals surface area contributed by atoms with E-state index in [1.54, 1.807) is 26.7 Å². The molecule has 148 valence electrons. The van der Waals surface area contributed by atoms with Crippen molar-refractivity contribution < 1.29 is 0 Å². The Morgan fingerprint density at radius 1 is 0.821 bits per heavy atom. The average Bonchev–Trinajstić information content (AvgIpc) is 2.90. The van der Waals surface area contributed by atoms with Crippen molar-refractivity contribution >= 4 is 18.4 Å². The average molecular weight is 389 g/mol. The molecule has 0 aliphatic heterocycles. The number of hydrogen-bond donors (Lipinski definition) is 0. The van der Waals surface area contributed by atoms with Crippen molar-refractivity contribution in [3.63, 3.8) is 0 Å². The summed E-state index contributed by atoms with van der Waals surface area (Å²) in [6, 6.07) is 16.6. The summed E-state index contributed by atoms with van der Waals surface area (Å²) in [6.07, 6.45) is 2.20. The van der Waals surface area contributed by atoms with Crippen LogP contribution < -0.4 is 10.4 Å². The molecular weight excluding hydrogens is 352 g/mol. The Morgan fingerprint density at radius 2 is 1.39 bits per heavy atom. The number of allylic oxidation sites excluding steroid dienone is 4. The van der Waals surface area contributed by atoms with Gasteiger partial charge >= 0.3 is 0 Å². The molecule has 0 aromatic heterocycles. The van der Waals surface area contributed by atoms with Gasteiger partial charge in [0, 0.05) is 0 Å². The lowest BCUT2D eigenvalue weighted by Crippen LogP contribution is -2.60. The third kappa shape index (κ3) is 3.24. The summed E-state index contributed by atoms with van der Waals surface area (Å²) in [5.41, 5.74) is 9.01. The zero-order valence-electron chi connectivity index (χ0n) is 19.0. The summed E-state index contributed by atoms with van der Waals surface area (Å²) in [7, 11) is -2.08. The monoisotopic (exact) mass is 388 g/mol. The molecule has 3 rings (SSSR count). The van der Waals surface area contributed by atoms with Crippen molar-refractivity contribution in [3.05, 3.63) is 81.1 Å². The molecule has 0 nitrogen and oxygen atoms in total. The molecule has 1 aliphatic carbocycles. The second kappa shape index (κ2) is 7.87. The molecule has 1 aliphatic rings. The summed E-state index contributed by atoms with van der Waals surface area (Å²) in [4.78, 5) is 0. The topological polar surface area (TPSA) is 0 Å². The summed E-state index contributed by atoms with van der Waals surface area (Å²) >= 11 is 0. The maximum Gasteiger partial charge on any atom is 0.142 e. The molecule has 0 radical (unpaired) electrons. The molecule has 0 N–H and O–H groups in total. The molecule has 0 heterocycles. The molecule has 2 aromatic rings. The van der Waals surface area contributed by atoms with Crippen molar-refractivity contribution in [2.24, 2.45) is 5.92 Å². The first-order valence-corrected chi connectivity index (χ1v) is 13.3. The molecule has 2 atom stereocenters. The maximum absolute atomic E-state index is 2.60. The lowest BCUT2D eigenvalue weighted by molar-refractivity contribution is 0.850. The Morgan fingerprint density at radius 3 is 1.86 bits per heavy atom. The molecule has 0 fully saturated rings. The highest BCUT2D eigenvalue weighted by molar-refractivity contribution is 7.07. The molecular formula is C27H36Si. The van der Waals surface area contributed by atoms with Crippen molar-refractivity contribution in [1.29, 1.82) is 0 Å². The second-order valence-electron chi connectivity index (χ2n) is 8.75. The van der Waals surface area contributed by atoms with E-state index in [2.05, 4.69) is 97.5 Å². The predicted molar refractivity (Wildman–Crippen MR) is 128 cm³/mol. The van der Waals surface area contributed by atoms with Crippen LogP contribution in [0.4, 0.5) is 0 Å². The smallest absolute Gasteiger partial charge is 0.0636 e. The molecule has 0 spiro atoms. The van der Waals surface area contributed by atoms with Gasteiger partial charge in [-0.05, 0) is 73.5 Å².